The molecule has 1 atom stereocenters. The molecule has 2 nitrogen and oxygen atoms in total. The summed E-state index contributed by atoms with van der Waals surface area (Å²) in [6.45, 7) is -0.0867. The lowest BCUT2D eigenvalue weighted by Crippen LogP contribution is -2.31. The maximum Gasteiger partial charge on any atom is 0.393 e. The summed E-state index contributed by atoms with van der Waals surface area (Å²) in [6.07, 6.45) is -4.23. The van der Waals surface area contributed by atoms with E-state index in [0.717, 1.165) is 0 Å². The van der Waals surface area contributed by atoms with Gasteiger partial charge in [-0.3, -0.25) is 4.79 Å². The Kier molecular flexibility index (Phi) is 3.56. The summed E-state index contributed by atoms with van der Waals surface area (Å²) < 4.78 is 37.5. The van der Waals surface area contributed by atoms with Crippen molar-refractivity contribution in [3.8, 4) is 0 Å². The van der Waals surface area contributed by atoms with Crippen LogP contribution in [-0.4, -0.2) is 30.1 Å². The summed E-state index contributed by atoms with van der Waals surface area (Å²) in [4.78, 5) is 13.9. The highest BCUT2D eigenvalue weighted by Gasteiger charge is 2.44. The van der Waals surface area contributed by atoms with Gasteiger partial charge in [0, 0.05) is 23.5 Å². The topological polar surface area (TPSA) is 20.3 Å². The first-order chi connectivity index (χ1) is 8.38. The summed E-state index contributed by atoms with van der Waals surface area (Å²) in [5.41, 5.74) is 0.399. The van der Waals surface area contributed by atoms with E-state index in [2.05, 4.69) is 12.6 Å². The van der Waals surface area contributed by atoms with Crippen LogP contribution in [0.5, 0.6) is 0 Å². The number of hydrogen-bond donors (Lipinski definition) is 1. The van der Waals surface area contributed by atoms with Crippen LogP contribution in [0.3, 0.4) is 0 Å². The fourth-order valence-electron chi connectivity index (χ4n) is 2.00. The second-order valence-corrected chi connectivity index (χ2v) is 4.84. The van der Waals surface area contributed by atoms with Gasteiger partial charge in [0.2, 0.25) is 0 Å². The molecule has 1 unspecified atom stereocenters. The summed E-state index contributed by atoms with van der Waals surface area (Å²) >= 11 is 4.09. The van der Waals surface area contributed by atoms with Gasteiger partial charge < -0.3 is 4.90 Å². The molecule has 1 aromatic rings. The van der Waals surface area contributed by atoms with Crippen LogP contribution in [0, 0.1) is 5.92 Å². The monoisotopic (exact) mass is 275 g/mol. The van der Waals surface area contributed by atoms with Crippen molar-refractivity contribution in [3.05, 3.63) is 29.8 Å². The number of likely N-dealkylation sites (tertiary alicyclic amines) is 1. The van der Waals surface area contributed by atoms with E-state index in [4.69, 9.17) is 0 Å². The van der Waals surface area contributed by atoms with Crippen molar-refractivity contribution in [2.24, 2.45) is 5.92 Å². The highest BCUT2D eigenvalue weighted by Crippen LogP contribution is 2.33. The number of halogens is 3. The quantitative estimate of drug-likeness (QED) is 0.781. The van der Waals surface area contributed by atoms with Gasteiger partial charge in [0.1, 0.15) is 0 Å². The fourth-order valence-corrected chi connectivity index (χ4v) is 2.15. The Hall–Kier alpha value is -1.17. The van der Waals surface area contributed by atoms with Crippen LogP contribution in [0.15, 0.2) is 29.2 Å². The van der Waals surface area contributed by atoms with Crippen molar-refractivity contribution in [1.82, 2.24) is 4.90 Å². The third kappa shape index (κ3) is 2.80. The number of carbonyl (C=O) groups excluding carboxylic acids is 1. The molecule has 2 rings (SSSR count). The number of rotatable bonds is 1. The summed E-state index contributed by atoms with van der Waals surface area (Å²) in [7, 11) is 0. The van der Waals surface area contributed by atoms with E-state index in [1.807, 2.05) is 0 Å². The van der Waals surface area contributed by atoms with Crippen LogP contribution in [0.4, 0.5) is 13.2 Å². The lowest BCUT2D eigenvalue weighted by Gasteiger charge is -2.18. The molecule has 0 spiro atoms. The molecule has 0 aliphatic carbocycles. The molecule has 1 saturated heterocycles. The van der Waals surface area contributed by atoms with Crippen LogP contribution in [0.25, 0.3) is 0 Å². The molecule has 0 bridgehead atoms. The molecule has 1 aromatic carbocycles. The largest absolute Gasteiger partial charge is 0.393 e. The predicted octanol–water partition coefficient (Wildman–Crippen LogP) is 3.00. The molecule has 0 radical (unpaired) electrons. The number of thiol groups is 1. The molecule has 18 heavy (non-hydrogen) atoms. The van der Waals surface area contributed by atoms with Gasteiger partial charge in [0.15, 0.2) is 0 Å². The maximum absolute atomic E-state index is 12.5. The molecule has 98 valence electrons. The first kappa shape index (κ1) is 13.3. The van der Waals surface area contributed by atoms with Gasteiger partial charge in [-0.15, -0.1) is 12.6 Å². The van der Waals surface area contributed by atoms with E-state index in [1.165, 1.54) is 4.90 Å². The van der Waals surface area contributed by atoms with Crippen LogP contribution >= 0.6 is 12.6 Å². The highest BCUT2D eigenvalue weighted by atomic mass is 32.1. The third-order valence-corrected chi connectivity index (χ3v) is 3.35. The predicted molar refractivity (Wildman–Crippen MR) is 63.8 cm³/mol. The zero-order valence-electron chi connectivity index (χ0n) is 9.44. The molecule has 1 aliphatic heterocycles. The molecule has 1 amide bonds. The van der Waals surface area contributed by atoms with E-state index < -0.39 is 12.1 Å². The fraction of sp³-hybridized carbons (Fsp3) is 0.417. The third-order valence-electron chi connectivity index (χ3n) is 3.05. The molecule has 1 aliphatic rings. The smallest absolute Gasteiger partial charge is 0.338 e. The second-order valence-electron chi connectivity index (χ2n) is 4.33. The Morgan fingerprint density at radius 3 is 2.39 bits per heavy atom. The summed E-state index contributed by atoms with van der Waals surface area (Å²) in [6, 6.07) is 6.44. The maximum atomic E-state index is 12.5. The second kappa shape index (κ2) is 4.84. The number of hydrogen-bond acceptors (Lipinski definition) is 2. The van der Waals surface area contributed by atoms with Gasteiger partial charge in [0.25, 0.3) is 5.91 Å². The first-order valence-electron chi connectivity index (χ1n) is 5.53. The van der Waals surface area contributed by atoms with E-state index in [-0.39, 0.29) is 25.4 Å². The minimum absolute atomic E-state index is 0.0140. The average Bonchev–Trinajstić information content (AvgIpc) is 2.78. The van der Waals surface area contributed by atoms with E-state index in [9.17, 15) is 18.0 Å². The van der Waals surface area contributed by atoms with Crippen LogP contribution in [-0.2, 0) is 0 Å². The highest BCUT2D eigenvalue weighted by molar-refractivity contribution is 7.80. The summed E-state index contributed by atoms with van der Waals surface area (Å²) in [5.74, 6) is -1.75. The molecule has 1 fully saturated rings. The Bertz CT molecular complexity index is 444. The Morgan fingerprint density at radius 2 is 1.89 bits per heavy atom. The standard InChI is InChI=1S/C12H12F3NOS/c13-12(14,15)9-5-6-16(7-9)11(17)8-1-3-10(18)4-2-8/h1-4,9,18H,5-7H2. The lowest BCUT2D eigenvalue weighted by atomic mass is 10.1. The molecule has 6 heteroatoms. The average molecular weight is 275 g/mol. The van der Waals surface area contributed by atoms with Crippen molar-refractivity contribution in [2.45, 2.75) is 17.5 Å². The van der Waals surface area contributed by atoms with Crippen molar-refractivity contribution < 1.29 is 18.0 Å². The molecule has 0 N–H and O–H groups in total. The molecule has 0 saturated carbocycles. The minimum Gasteiger partial charge on any atom is -0.338 e. The molecule has 1 heterocycles. The molecular formula is C12H12F3NOS. The molecular weight excluding hydrogens is 263 g/mol. The number of amides is 1. The lowest BCUT2D eigenvalue weighted by molar-refractivity contribution is -0.169. The van der Waals surface area contributed by atoms with Gasteiger partial charge in [0.05, 0.1) is 5.92 Å². The van der Waals surface area contributed by atoms with E-state index >= 15 is 0 Å². The summed E-state index contributed by atoms with van der Waals surface area (Å²) in [5, 5.41) is 0. The van der Waals surface area contributed by atoms with Crippen LogP contribution in [0.1, 0.15) is 16.8 Å². The number of nitrogens with zero attached hydrogens (tertiary/aromatic N) is 1. The zero-order valence-corrected chi connectivity index (χ0v) is 10.3. The van der Waals surface area contributed by atoms with E-state index in [1.54, 1.807) is 24.3 Å². The normalized spacial score (nSPS) is 20.2. The SMILES string of the molecule is O=C(c1ccc(S)cc1)N1CCC(C(F)(F)F)C1. The Balaban J connectivity index is 2.06. The van der Waals surface area contributed by atoms with Crippen LogP contribution < -0.4 is 0 Å². The van der Waals surface area contributed by atoms with Gasteiger partial charge in [-0.1, -0.05) is 0 Å². The zero-order chi connectivity index (χ0) is 13.3. The number of alkyl halides is 3. The van der Waals surface area contributed by atoms with Gasteiger partial charge in [-0.25, -0.2) is 0 Å². The van der Waals surface area contributed by atoms with Crippen molar-refractivity contribution in [1.29, 1.82) is 0 Å². The minimum atomic E-state index is -4.22. The van der Waals surface area contributed by atoms with Gasteiger partial charge in [-0.2, -0.15) is 13.2 Å². The Morgan fingerprint density at radius 1 is 1.28 bits per heavy atom. The first-order valence-corrected chi connectivity index (χ1v) is 5.97. The number of benzene rings is 1. The van der Waals surface area contributed by atoms with Gasteiger partial charge >= 0.3 is 6.18 Å². The van der Waals surface area contributed by atoms with Crippen molar-refractivity contribution >= 4 is 18.5 Å². The van der Waals surface area contributed by atoms with Crippen molar-refractivity contribution in [3.63, 3.8) is 0 Å². The van der Waals surface area contributed by atoms with Gasteiger partial charge in [-0.05, 0) is 30.7 Å². The Labute approximate surface area is 108 Å². The van der Waals surface area contributed by atoms with Crippen LogP contribution in [0.2, 0.25) is 0 Å². The number of carbonyl (C=O) groups is 1. The molecule has 0 aromatic heterocycles. The van der Waals surface area contributed by atoms with E-state index in [0.29, 0.717) is 10.5 Å². The van der Waals surface area contributed by atoms with Crippen molar-refractivity contribution in [2.75, 3.05) is 13.1 Å².